The summed E-state index contributed by atoms with van der Waals surface area (Å²) in [6, 6.07) is 0.566. The largest absolute Gasteiger partial charge is 0.465 e. The second-order valence-electron chi connectivity index (χ2n) is 12.1. The van der Waals surface area contributed by atoms with Crippen LogP contribution in [0.15, 0.2) is 6.58 Å². The van der Waals surface area contributed by atoms with E-state index in [0.717, 1.165) is 48.8 Å². The van der Waals surface area contributed by atoms with Gasteiger partial charge in [-0.1, -0.05) is 52.0 Å². The van der Waals surface area contributed by atoms with Crippen LogP contribution in [0.3, 0.4) is 0 Å². The number of nitrogens with one attached hydrogen (secondary N) is 3. The van der Waals surface area contributed by atoms with Crippen molar-refractivity contribution in [3.05, 3.63) is 12.4 Å². The number of imidazole rings is 1. The van der Waals surface area contributed by atoms with E-state index in [4.69, 9.17) is 15.4 Å². The van der Waals surface area contributed by atoms with Crippen molar-refractivity contribution in [2.45, 2.75) is 103 Å². The van der Waals surface area contributed by atoms with E-state index in [1.807, 2.05) is 0 Å². The maximum absolute atomic E-state index is 11.3. The first kappa shape index (κ1) is 27.4. The molecule has 1 amide bonds. The molecular weight excluding hydrogens is 492 g/mol. The second-order valence-corrected chi connectivity index (χ2v) is 12.1. The third-order valence-corrected chi connectivity index (χ3v) is 9.38. The Kier molecular flexibility index (Phi) is 8.09. The van der Waals surface area contributed by atoms with Crippen molar-refractivity contribution in [3.63, 3.8) is 0 Å². The van der Waals surface area contributed by atoms with Gasteiger partial charge in [0.1, 0.15) is 5.52 Å². The Labute approximate surface area is 231 Å². The molecule has 1 atom stereocenters. The van der Waals surface area contributed by atoms with E-state index in [0.29, 0.717) is 29.3 Å². The molecule has 5 rings (SSSR count). The minimum Gasteiger partial charge on any atom is -0.465 e. The van der Waals surface area contributed by atoms with E-state index < -0.39 is 6.09 Å². The summed E-state index contributed by atoms with van der Waals surface area (Å²) in [6.07, 6.45) is 12.8. The fraction of sp³-hybridized carbons (Fsp3) is 0.690. The number of hydrogen-bond donors (Lipinski definition) is 4. The van der Waals surface area contributed by atoms with Crippen molar-refractivity contribution in [1.82, 2.24) is 24.8 Å². The average Bonchev–Trinajstić information content (AvgIpc) is 3.27. The summed E-state index contributed by atoms with van der Waals surface area (Å²) in [5.41, 5.74) is 2.26. The molecule has 0 spiro atoms. The summed E-state index contributed by atoms with van der Waals surface area (Å²) >= 11 is 0. The van der Waals surface area contributed by atoms with Gasteiger partial charge in [0.25, 0.3) is 0 Å². The Balaban J connectivity index is 1.64. The van der Waals surface area contributed by atoms with Gasteiger partial charge in [-0.2, -0.15) is 4.98 Å². The molecule has 212 valence electrons. The van der Waals surface area contributed by atoms with Crippen molar-refractivity contribution in [2.75, 3.05) is 17.3 Å². The monoisotopic (exact) mass is 536 g/mol. The molecule has 0 bridgehead atoms. The van der Waals surface area contributed by atoms with E-state index in [-0.39, 0.29) is 17.7 Å². The third kappa shape index (κ3) is 5.75. The van der Waals surface area contributed by atoms with E-state index >= 15 is 0 Å². The minimum absolute atomic E-state index is 0.0156. The van der Waals surface area contributed by atoms with Crippen LogP contribution in [0.5, 0.6) is 0 Å². The van der Waals surface area contributed by atoms with Gasteiger partial charge in [0.2, 0.25) is 5.95 Å². The Morgan fingerprint density at radius 3 is 2.36 bits per heavy atom. The zero-order valence-corrected chi connectivity index (χ0v) is 23.7. The molecule has 2 heterocycles. The second kappa shape index (κ2) is 11.5. The Hall–Kier alpha value is -3.17. The molecule has 2 aromatic rings. The van der Waals surface area contributed by atoms with Crippen molar-refractivity contribution >= 4 is 40.6 Å². The number of carboxylic acid groups (broad SMARTS) is 1. The lowest BCUT2D eigenvalue weighted by atomic mass is 9.80. The predicted octanol–water partition coefficient (Wildman–Crippen LogP) is 6.09. The number of amidine groups is 1. The smallest absolute Gasteiger partial charge is 0.410 e. The van der Waals surface area contributed by atoms with Gasteiger partial charge in [0.05, 0.1) is 0 Å². The van der Waals surface area contributed by atoms with Crippen LogP contribution in [0.4, 0.5) is 16.6 Å². The highest BCUT2D eigenvalue weighted by Gasteiger charge is 2.32. The van der Waals surface area contributed by atoms with Crippen molar-refractivity contribution < 1.29 is 9.90 Å². The lowest BCUT2D eigenvalue weighted by Crippen LogP contribution is -2.35. The average molecular weight is 537 g/mol. The van der Waals surface area contributed by atoms with Gasteiger partial charge in [0.15, 0.2) is 23.1 Å². The SMILES string of the molecule is C=C([C@H]1CC[C@H](C)CC1)n1c(N(C)C2CCCCC2)nc2nc(C(=N)NC(=O)O)nc(N[C@H](C)C3CCC3)c21. The molecular formula is C29H44N8O2. The highest BCUT2D eigenvalue weighted by atomic mass is 16.4. The van der Waals surface area contributed by atoms with Crippen LogP contribution in [0.1, 0.15) is 96.7 Å². The maximum Gasteiger partial charge on any atom is 0.410 e. The standard InChI is InChI=1S/C29H44N8O2/c1-17-13-15-21(16-14-17)19(3)37-23-25(31-18(2)20-9-8-10-20)33-27(24(30)32-29(38)39)34-26(23)35-28(37)36(4)22-11-6-5-7-12-22/h17-18,20-22H,3,5-16H2,1-2,4H3,(H2,30,32)(H,38,39)(H,31,33,34)/t17-,18-,21-/m1/s1. The first-order chi connectivity index (χ1) is 18.7. The van der Waals surface area contributed by atoms with Gasteiger partial charge >= 0.3 is 6.09 Å². The number of fused-ring (bicyclic) bond motifs is 1. The molecule has 3 aliphatic rings. The van der Waals surface area contributed by atoms with Gasteiger partial charge in [-0.05, 0) is 63.2 Å². The summed E-state index contributed by atoms with van der Waals surface area (Å²) in [5.74, 6) is 2.69. The Morgan fingerprint density at radius 2 is 1.74 bits per heavy atom. The molecule has 0 saturated heterocycles. The Morgan fingerprint density at radius 1 is 1.05 bits per heavy atom. The lowest BCUT2D eigenvalue weighted by molar-refractivity contribution is 0.200. The van der Waals surface area contributed by atoms with Gasteiger partial charge in [-0.25, -0.2) is 14.8 Å². The van der Waals surface area contributed by atoms with Gasteiger partial charge in [0, 0.05) is 24.8 Å². The fourth-order valence-corrected chi connectivity index (χ4v) is 6.54. The molecule has 0 aliphatic heterocycles. The number of nitrogens with zero attached hydrogens (tertiary/aromatic N) is 5. The molecule has 3 saturated carbocycles. The van der Waals surface area contributed by atoms with Gasteiger partial charge in [-0.15, -0.1) is 0 Å². The highest BCUT2D eigenvalue weighted by molar-refractivity contribution is 6.03. The van der Waals surface area contributed by atoms with Crippen LogP contribution in [-0.4, -0.2) is 55.7 Å². The molecule has 3 aliphatic carbocycles. The van der Waals surface area contributed by atoms with Crippen LogP contribution < -0.4 is 15.5 Å². The zero-order valence-electron chi connectivity index (χ0n) is 23.7. The molecule has 0 radical (unpaired) electrons. The van der Waals surface area contributed by atoms with Gasteiger partial charge in [-0.3, -0.25) is 15.3 Å². The topological polar surface area (TPSA) is 132 Å². The van der Waals surface area contributed by atoms with Crippen molar-refractivity contribution in [1.29, 1.82) is 5.41 Å². The minimum atomic E-state index is -1.32. The Bertz CT molecular complexity index is 1220. The van der Waals surface area contributed by atoms with E-state index in [9.17, 15) is 9.90 Å². The number of aromatic nitrogens is 4. The number of hydrogen-bond acceptors (Lipinski definition) is 7. The van der Waals surface area contributed by atoms with Crippen LogP contribution >= 0.6 is 0 Å². The van der Waals surface area contributed by atoms with Crippen LogP contribution in [0.2, 0.25) is 0 Å². The molecule has 3 fully saturated rings. The summed E-state index contributed by atoms with van der Waals surface area (Å²) in [7, 11) is 2.12. The molecule has 10 nitrogen and oxygen atoms in total. The zero-order chi connectivity index (χ0) is 27.7. The van der Waals surface area contributed by atoms with Crippen molar-refractivity contribution in [3.8, 4) is 0 Å². The quantitative estimate of drug-likeness (QED) is 0.237. The maximum atomic E-state index is 11.3. The molecule has 4 N–H and O–H groups in total. The third-order valence-electron chi connectivity index (χ3n) is 9.38. The van der Waals surface area contributed by atoms with Crippen molar-refractivity contribution in [2.24, 2.45) is 17.8 Å². The molecule has 0 unspecified atom stereocenters. The first-order valence-electron chi connectivity index (χ1n) is 14.8. The lowest BCUT2D eigenvalue weighted by Gasteiger charge is -2.35. The predicted molar refractivity (Wildman–Crippen MR) is 155 cm³/mol. The molecule has 2 aromatic heterocycles. The number of carbonyl (C=O) groups is 1. The summed E-state index contributed by atoms with van der Waals surface area (Å²) in [6.45, 7) is 9.14. The summed E-state index contributed by atoms with van der Waals surface area (Å²) in [5, 5.41) is 23.3. The van der Waals surface area contributed by atoms with Crippen LogP contribution in [0, 0.1) is 23.2 Å². The molecule has 10 heteroatoms. The number of anilines is 2. The normalized spacial score (nSPS) is 23.2. The molecule has 39 heavy (non-hydrogen) atoms. The first-order valence-corrected chi connectivity index (χ1v) is 14.8. The number of rotatable bonds is 8. The number of amides is 1. The van der Waals surface area contributed by atoms with Crippen LogP contribution in [-0.2, 0) is 0 Å². The van der Waals surface area contributed by atoms with E-state index in [1.165, 1.54) is 51.4 Å². The van der Waals surface area contributed by atoms with Gasteiger partial charge < -0.3 is 15.3 Å². The molecule has 0 aromatic carbocycles. The fourth-order valence-electron chi connectivity index (χ4n) is 6.54. The van der Waals surface area contributed by atoms with Crippen LogP contribution in [0.25, 0.3) is 16.9 Å². The highest BCUT2D eigenvalue weighted by Crippen LogP contribution is 2.40. The summed E-state index contributed by atoms with van der Waals surface area (Å²) in [4.78, 5) is 28.0. The van der Waals surface area contributed by atoms with E-state index in [1.54, 1.807) is 0 Å². The van der Waals surface area contributed by atoms with E-state index in [2.05, 4.69) is 52.6 Å². The number of allylic oxidation sites excluding steroid dienone is 1. The summed E-state index contributed by atoms with van der Waals surface area (Å²) < 4.78 is 2.18.